The fourth-order valence-electron chi connectivity index (χ4n) is 3.00. The number of carbonyl (C=O) groups excluding carboxylic acids is 1. The highest BCUT2D eigenvalue weighted by molar-refractivity contribution is 7.99. The van der Waals surface area contributed by atoms with Crippen LogP contribution in [0.5, 0.6) is 0 Å². The van der Waals surface area contributed by atoms with E-state index in [1.165, 1.54) is 17.3 Å². The monoisotopic (exact) mass is 442 g/mol. The van der Waals surface area contributed by atoms with Crippen molar-refractivity contribution in [3.8, 4) is 11.4 Å². The molecule has 1 aromatic heterocycles. The third-order valence-corrected chi connectivity index (χ3v) is 6.00. The molecule has 0 radical (unpaired) electrons. The zero-order chi connectivity index (χ0) is 21.7. The van der Waals surface area contributed by atoms with Crippen molar-refractivity contribution >= 4 is 29.3 Å². The van der Waals surface area contributed by atoms with Crippen LogP contribution in [0.1, 0.15) is 38.8 Å². The summed E-state index contributed by atoms with van der Waals surface area (Å²) in [4.78, 5) is 12.2. The van der Waals surface area contributed by atoms with Gasteiger partial charge in [0.25, 0.3) is 0 Å². The van der Waals surface area contributed by atoms with Crippen LogP contribution in [-0.2, 0) is 23.3 Å². The van der Waals surface area contributed by atoms with Crippen LogP contribution in [0.3, 0.4) is 0 Å². The Morgan fingerprint density at radius 3 is 2.33 bits per heavy atom. The maximum atomic E-state index is 12.2. The number of hydrogen-bond acceptors (Lipinski definition) is 4. The lowest BCUT2D eigenvalue weighted by molar-refractivity contribution is -0.118. The van der Waals surface area contributed by atoms with Crippen molar-refractivity contribution in [3.63, 3.8) is 0 Å². The number of nitrogens with zero attached hydrogens (tertiary/aromatic N) is 3. The van der Waals surface area contributed by atoms with Crippen LogP contribution in [0.15, 0.2) is 53.7 Å². The zero-order valence-electron chi connectivity index (χ0n) is 17.8. The molecular formula is C23H27ClN4OS. The number of nitrogens with one attached hydrogen (secondary N) is 1. The molecule has 0 atom stereocenters. The minimum absolute atomic E-state index is 0.0447. The van der Waals surface area contributed by atoms with Crippen molar-refractivity contribution in [1.29, 1.82) is 0 Å². The zero-order valence-corrected chi connectivity index (χ0v) is 19.3. The van der Waals surface area contributed by atoms with Gasteiger partial charge in [-0.15, -0.1) is 10.2 Å². The lowest BCUT2D eigenvalue weighted by atomic mass is 9.87. The molecule has 0 unspecified atom stereocenters. The largest absolute Gasteiger partial charge is 0.351 e. The van der Waals surface area contributed by atoms with Gasteiger partial charge >= 0.3 is 0 Å². The first kappa shape index (κ1) is 22.4. The average molecular weight is 443 g/mol. The number of amides is 1. The third-order valence-electron chi connectivity index (χ3n) is 4.78. The Balaban J connectivity index is 1.62. The van der Waals surface area contributed by atoms with E-state index in [2.05, 4.69) is 67.5 Å². The number of benzene rings is 2. The second-order valence-electron chi connectivity index (χ2n) is 8.07. The maximum absolute atomic E-state index is 12.2. The Morgan fingerprint density at radius 2 is 1.73 bits per heavy atom. The van der Waals surface area contributed by atoms with Crippen molar-refractivity contribution in [2.24, 2.45) is 0 Å². The number of rotatable bonds is 7. The van der Waals surface area contributed by atoms with Crippen molar-refractivity contribution in [1.82, 2.24) is 20.1 Å². The highest BCUT2D eigenvalue weighted by Crippen LogP contribution is 2.27. The van der Waals surface area contributed by atoms with Crippen LogP contribution < -0.4 is 5.32 Å². The van der Waals surface area contributed by atoms with Crippen molar-refractivity contribution in [3.05, 3.63) is 64.7 Å². The van der Waals surface area contributed by atoms with Crippen LogP contribution in [0.4, 0.5) is 0 Å². The van der Waals surface area contributed by atoms with Gasteiger partial charge in [-0.3, -0.25) is 4.79 Å². The Morgan fingerprint density at radius 1 is 1.07 bits per heavy atom. The molecule has 30 heavy (non-hydrogen) atoms. The van der Waals surface area contributed by atoms with Crippen LogP contribution >= 0.6 is 23.4 Å². The van der Waals surface area contributed by atoms with E-state index >= 15 is 0 Å². The number of halogens is 1. The summed E-state index contributed by atoms with van der Waals surface area (Å²) in [6.45, 7) is 9.86. The normalized spacial score (nSPS) is 11.5. The van der Waals surface area contributed by atoms with E-state index in [1.54, 1.807) is 0 Å². The van der Waals surface area contributed by atoms with Crippen LogP contribution in [0.2, 0.25) is 5.02 Å². The Labute approximate surface area is 187 Å². The molecule has 1 heterocycles. The summed E-state index contributed by atoms with van der Waals surface area (Å²) < 4.78 is 2.04. The lowest BCUT2D eigenvalue weighted by Crippen LogP contribution is -2.24. The van der Waals surface area contributed by atoms with E-state index in [-0.39, 0.29) is 17.1 Å². The molecule has 0 bridgehead atoms. The van der Waals surface area contributed by atoms with E-state index in [0.717, 1.165) is 28.7 Å². The summed E-state index contributed by atoms with van der Waals surface area (Å²) in [6, 6.07) is 15.9. The summed E-state index contributed by atoms with van der Waals surface area (Å²) >= 11 is 7.28. The average Bonchev–Trinajstić information content (AvgIpc) is 3.14. The SMILES string of the molecule is CCn1c(SCC(=O)NCc2ccc(Cl)cc2)nnc1-c1ccc(C(C)(C)C)cc1. The standard InChI is InChI=1S/C23H27ClN4OS/c1-5-28-21(17-8-10-18(11-9-17)23(2,3)4)26-27-22(28)30-15-20(29)25-14-16-6-12-19(24)13-7-16/h6-13H,5,14-15H2,1-4H3,(H,25,29). The van der Waals surface area contributed by atoms with E-state index in [9.17, 15) is 4.79 Å². The van der Waals surface area contributed by atoms with Gasteiger partial charge in [0.2, 0.25) is 5.91 Å². The van der Waals surface area contributed by atoms with Crippen molar-refractivity contribution < 1.29 is 4.79 Å². The Hall–Kier alpha value is -2.31. The summed E-state index contributed by atoms with van der Waals surface area (Å²) in [6.07, 6.45) is 0. The molecule has 2 aromatic carbocycles. The van der Waals surface area contributed by atoms with Gasteiger partial charge in [-0.25, -0.2) is 0 Å². The fraction of sp³-hybridized carbons (Fsp3) is 0.348. The Kier molecular flexibility index (Phi) is 7.21. The second-order valence-corrected chi connectivity index (χ2v) is 9.45. The number of carbonyl (C=O) groups is 1. The quantitative estimate of drug-likeness (QED) is 0.503. The molecule has 0 aliphatic rings. The molecular weight excluding hydrogens is 416 g/mol. The first-order valence-electron chi connectivity index (χ1n) is 9.96. The van der Waals surface area contributed by atoms with Crippen LogP contribution in [-0.4, -0.2) is 26.4 Å². The van der Waals surface area contributed by atoms with E-state index in [1.807, 2.05) is 28.8 Å². The predicted molar refractivity (Wildman–Crippen MR) is 124 cm³/mol. The highest BCUT2D eigenvalue weighted by Gasteiger charge is 2.17. The Bertz CT molecular complexity index is 992. The van der Waals surface area contributed by atoms with E-state index in [4.69, 9.17) is 11.6 Å². The van der Waals surface area contributed by atoms with Crippen LogP contribution in [0, 0.1) is 0 Å². The van der Waals surface area contributed by atoms with Crippen molar-refractivity contribution in [2.45, 2.75) is 51.4 Å². The molecule has 3 rings (SSSR count). The molecule has 5 nitrogen and oxygen atoms in total. The lowest BCUT2D eigenvalue weighted by Gasteiger charge is -2.19. The molecule has 0 aliphatic heterocycles. The first-order chi connectivity index (χ1) is 14.3. The van der Waals surface area contributed by atoms with E-state index in [0.29, 0.717) is 11.6 Å². The summed E-state index contributed by atoms with van der Waals surface area (Å²) in [5, 5.41) is 13.0. The fourth-order valence-corrected chi connectivity index (χ4v) is 3.96. The van der Waals surface area contributed by atoms with Gasteiger partial charge in [-0.05, 0) is 35.6 Å². The second kappa shape index (κ2) is 9.67. The van der Waals surface area contributed by atoms with Gasteiger partial charge in [0.05, 0.1) is 5.75 Å². The summed E-state index contributed by atoms with van der Waals surface area (Å²) in [5.41, 5.74) is 3.42. The third kappa shape index (κ3) is 5.64. The highest BCUT2D eigenvalue weighted by atomic mass is 35.5. The van der Waals surface area contributed by atoms with Gasteiger partial charge in [-0.2, -0.15) is 0 Å². The molecule has 0 saturated carbocycles. The van der Waals surface area contributed by atoms with E-state index < -0.39 is 0 Å². The number of hydrogen-bond donors (Lipinski definition) is 1. The molecule has 1 N–H and O–H groups in total. The minimum Gasteiger partial charge on any atom is -0.351 e. The first-order valence-corrected chi connectivity index (χ1v) is 11.3. The predicted octanol–water partition coefficient (Wildman–Crippen LogP) is 5.32. The smallest absolute Gasteiger partial charge is 0.230 e. The molecule has 0 spiro atoms. The molecule has 3 aromatic rings. The molecule has 0 aliphatic carbocycles. The van der Waals surface area contributed by atoms with Crippen molar-refractivity contribution in [2.75, 3.05) is 5.75 Å². The van der Waals surface area contributed by atoms with Gasteiger partial charge in [0.15, 0.2) is 11.0 Å². The molecule has 0 saturated heterocycles. The molecule has 1 amide bonds. The molecule has 0 fully saturated rings. The molecule has 7 heteroatoms. The topological polar surface area (TPSA) is 59.8 Å². The maximum Gasteiger partial charge on any atom is 0.230 e. The number of thioether (sulfide) groups is 1. The summed E-state index contributed by atoms with van der Waals surface area (Å²) in [7, 11) is 0. The van der Waals surface area contributed by atoms with Gasteiger partial charge < -0.3 is 9.88 Å². The van der Waals surface area contributed by atoms with Crippen LogP contribution in [0.25, 0.3) is 11.4 Å². The van der Waals surface area contributed by atoms with Gasteiger partial charge in [-0.1, -0.05) is 80.5 Å². The minimum atomic E-state index is -0.0447. The van der Waals surface area contributed by atoms with Gasteiger partial charge in [0.1, 0.15) is 0 Å². The van der Waals surface area contributed by atoms with Gasteiger partial charge in [0, 0.05) is 23.7 Å². The molecule has 158 valence electrons. The summed E-state index contributed by atoms with van der Waals surface area (Å²) in [5.74, 6) is 1.06. The number of aromatic nitrogens is 3.